The van der Waals surface area contributed by atoms with Crippen molar-refractivity contribution in [3.8, 4) is 22.5 Å². The highest BCUT2D eigenvalue weighted by Gasteiger charge is 2.55. The van der Waals surface area contributed by atoms with E-state index < -0.39 is 56.9 Å². The molecule has 6 bridgehead atoms. The Morgan fingerprint density at radius 2 is 1.90 bits per heavy atom. The molecular weight excluding hydrogens is 895 g/mol. The second-order valence-corrected chi connectivity index (χ2v) is 22.8. The fraction of sp³-hybridized carbons (Fsp3) is 0.583. The van der Waals surface area contributed by atoms with Gasteiger partial charge in [-0.05, 0) is 81.7 Å². The highest BCUT2D eigenvalue weighted by atomic mass is 32.2. The number of carbonyl (C=O) groups excluding carboxylic acids is 4. The SMILES string of the molecule is CCn1c(-c2cccnc2[C@H](C)OC)c2c3cc(ccc31)-c1csc(n1)C[C@H](NC(=O)[C@H](C(C)C)N(C)C(=O)N1CCCC13CN(S(C)(=O)=O)C3)C(=O)N1CCC[C@H](N1)C(=O)OCC(C)(C)C2.[HH].[HH]. The first-order valence-electron chi connectivity index (χ1n) is 23.4. The maximum Gasteiger partial charge on any atom is 0.324 e. The number of thiazole rings is 1. The van der Waals surface area contributed by atoms with Crippen molar-refractivity contribution in [3.63, 3.8) is 0 Å². The number of nitrogens with one attached hydrogen (secondary N) is 2. The number of aryl methyl sites for hydroxylation is 1. The number of benzene rings is 1. The zero-order chi connectivity index (χ0) is 48.2. The number of hydrogen-bond acceptors (Lipinski definition) is 12. The minimum absolute atomic E-state index is 0. The predicted molar refractivity (Wildman–Crippen MR) is 260 cm³/mol. The number of hydrogen-bond donors (Lipinski definition) is 2. The number of fused-ring (bicyclic) bond motifs is 6. The lowest BCUT2D eigenvalue weighted by Gasteiger charge is -2.52. The van der Waals surface area contributed by atoms with Crippen molar-refractivity contribution >= 4 is 56.1 Å². The van der Waals surface area contributed by atoms with Crippen molar-refractivity contribution in [2.45, 2.75) is 116 Å². The number of hydrazine groups is 1. The van der Waals surface area contributed by atoms with Gasteiger partial charge < -0.3 is 29.2 Å². The van der Waals surface area contributed by atoms with Crippen LogP contribution in [0.1, 0.15) is 92.4 Å². The number of rotatable bonds is 9. The van der Waals surface area contributed by atoms with Gasteiger partial charge >= 0.3 is 12.0 Å². The molecular formula is C48H69N9O8S2. The topological polar surface area (TPSA) is 189 Å². The van der Waals surface area contributed by atoms with E-state index >= 15 is 0 Å². The van der Waals surface area contributed by atoms with Crippen LogP contribution in [0.15, 0.2) is 41.9 Å². The lowest BCUT2D eigenvalue weighted by atomic mass is 9.84. The lowest BCUT2D eigenvalue weighted by molar-refractivity contribution is -0.155. The van der Waals surface area contributed by atoms with Gasteiger partial charge in [0.1, 0.15) is 18.1 Å². The van der Waals surface area contributed by atoms with Gasteiger partial charge in [0.05, 0.1) is 46.6 Å². The van der Waals surface area contributed by atoms with Crippen LogP contribution in [-0.2, 0) is 53.3 Å². The molecule has 2 N–H and O–H groups in total. The predicted octanol–water partition coefficient (Wildman–Crippen LogP) is 5.88. The van der Waals surface area contributed by atoms with Crippen molar-refractivity contribution in [1.82, 2.24) is 44.4 Å². The monoisotopic (exact) mass is 963 g/mol. The first-order valence-corrected chi connectivity index (χ1v) is 26.1. The van der Waals surface area contributed by atoms with Gasteiger partial charge in [-0.3, -0.25) is 24.4 Å². The summed E-state index contributed by atoms with van der Waals surface area (Å²) in [7, 11) is -0.146. The molecule has 0 unspecified atom stereocenters. The van der Waals surface area contributed by atoms with Crippen LogP contribution in [-0.4, -0.2) is 143 Å². The van der Waals surface area contributed by atoms with Crippen LogP contribution >= 0.6 is 11.3 Å². The number of ether oxygens (including phenoxy) is 2. The molecule has 1 spiro atoms. The summed E-state index contributed by atoms with van der Waals surface area (Å²) in [5, 5.41) is 8.07. The molecule has 17 nitrogen and oxygen atoms in total. The third-order valence-corrected chi connectivity index (χ3v) is 16.1. The third kappa shape index (κ3) is 9.45. The second-order valence-electron chi connectivity index (χ2n) is 19.9. The summed E-state index contributed by atoms with van der Waals surface area (Å²) in [6.07, 6.45) is 5.69. The number of nitrogens with zero attached hydrogens (tertiary/aromatic N) is 7. The van der Waals surface area contributed by atoms with Crippen molar-refractivity contribution in [1.29, 1.82) is 0 Å². The van der Waals surface area contributed by atoms with E-state index in [2.05, 4.69) is 60.3 Å². The average Bonchev–Trinajstić information content (AvgIpc) is 4.02. The van der Waals surface area contributed by atoms with Gasteiger partial charge in [0.25, 0.3) is 5.91 Å². The molecule has 4 atom stereocenters. The molecule has 0 radical (unpaired) electrons. The van der Waals surface area contributed by atoms with E-state index in [1.807, 2.05) is 32.2 Å². The zero-order valence-corrected chi connectivity index (χ0v) is 41.8. The van der Waals surface area contributed by atoms with Gasteiger partial charge in [-0.1, -0.05) is 33.8 Å². The van der Waals surface area contributed by atoms with Crippen molar-refractivity contribution < 1.29 is 39.9 Å². The van der Waals surface area contributed by atoms with Crippen LogP contribution in [0.25, 0.3) is 33.4 Å². The summed E-state index contributed by atoms with van der Waals surface area (Å²) in [4.78, 5) is 70.5. The Morgan fingerprint density at radius 3 is 2.60 bits per heavy atom. The maximum absolute atomic E-state index is 14.7. The van der Waals surface area contributed by atoms with Gasteiger partial charge in [-0.25, -0.2) is 23.6 Å². The number of aromatic nitrogens is 3. The second kappa shape index (κ2) is 18.9. The number of sulfonamides is 1. The van der Waals surface area contributed by atoms with Gasteiger partial charge in [0, 0.05) is 95.2 Å². The molecule has 4 amide bonds. The molecule has 3 aromatic heterocycles. The molecule has 4 aliphatic rings. The molecule has 19 heteroatoms. The molecule has 4 aromatic rings. The molecule has 4 aliphatic heterocycles. The largest absolute Gasteiger partial charge is 0.464 e. The lowest BCUT2D eigenvalue weighted by Crippen LogP contribution is -2.71. The summed E-state index contributed by atoms with van der Waals surface area (Å²) in [6, 6.07) is 7.14. The first-order chi connectivity index (χ1) is 31.8. The van der Waals surface area contributed by atoms with E-state index in [9.17, 15) is 27.6 Å². The Hall–Kier alpha value is -4.95. The van der Waals surface area contributed by atoms with E-state index in [4.69, 9.17) is 19.4 Å². The fourth-order valence-electron chi connectivity index (χ4n) is 10.5. The summed E-state index contributed by atoms with van der Waals surface area (Å²) < 4.78 is 40.2. The highest BCUT2D eigenvalue weighted by Crippen LogP contribution is 2.43. The molecule has 1 aromatic carbocycles. The van der Waals surface area contributed by atoms with E-state index in [0.717, 1.165) is 51.1 Å². The smallest absolute Gasteiger partial charge is 0.324 e. The molecule has 0 saturated carbocycles. The maximum atomic E-state index is 14.7. The number of methoxy groups -OCH3 is 1. The average molecular weight is 964 g/mol. The number of amides is 4. The van der Waals surface area contributed by atoms with Crippen LogP contribution in [0.2, 0.25) is 0 Å². The molecule has 0 aliphatic carbocycles. The van der Waals surface area contributed by atoms with Crippen molar-refractivity contribution in [2.75, 3.05) is 53.2 Å². The number of likely N-dealkylation sites (N-methyl/N-ethyl adjacent to an activating group) is 1. The number of pyridine rings is 1. The van der Waals surface area contributed by atoms with Crippen LogP contribution < -0.4 is 10.7 Å². The molecule has 8 rings (SSSR count). The number of carbonyl (C=O) groups is 4. The molecule has 366 valence electrons. The van der Waals surface area contributed by atoms with Crippen LogP contribution in [0.4, 0.5) is 4.79 Å². The summed E-state index contributed by atoms with van der Waals surface area (Å²) in [5.74, 6) is -1.77. The van der Waals surface area contributed by atoms with Gasteiger partial charge in [0.15, 0.2) is 0 Å². The van der Waals surface area contributed by atoms with E-state index in [1.165, 1.54) is 31.8 Å². The molecule has 3 fully saturated rings. The number of likely N-dealkylation sites (tertiary alicyclic amines) is 1. The summed E-state index contributed by atoms with van der Waals surface area (Å²) in [5.41, 5.74) is 8.57. The first kappa shape index (κ1) is 48.5. The summed E-state index contributed by atoms with van der Waals surface area (Å²) >= 11 is 1.40. The Bertz CT molecular complexity index is 2670. The Morgan fingerprint density at radius 1 is 1.13 bits per heavy atom. The number of urea groups is 1. The van der Waals surface area contributed by atoms with Gasteiger partial charge in [-0.15, -0.1) is 11.3 Å². The quantitative estimate of drug-likeness (QED) is 0.191. The highest BCUT2D eigenvalue weighted by molar-refractivity contribution is 7.88. The Kier molecular flexibility index (Phi) is 13.7. The minimum atomic E-state index is -3.41. The van der Waals surface area contributed by atoms with E-state index in [-0.39, 0.29) is 47.0 Å². The van der Waals surface area contributed by atoms with Crippen LogP contribution in [0, 0.1) is 11.3 Å². The molecule has 3 saturated heterocycles. The molecule has 67 heavy (non-hydrogen) atoms. The van der Waals surface area contributed by atoms with Gasteiger partial charge in [0.2, 0.25) is 15.9 Å². The Balaban J connectivity index is 0.00000391. The summed E-state index contributed by atoms with van der Waals surface area (Å²) in [6.45, 7) is 14.0. The Labute approximate surface area is 400 Å². The number of esters is 1. The third-order valence-electron chi connectivity index (χ3n) is 14.0. The van der Waals surface area contributed by atoms with Crippen LogP contribution in [0.5, 0.6) is 0 Å². The van der Waals surface area contributed by atoms with Crippen molar-refractivity contribution in [3.05, 3.63) is 58.2 Å². The fourth-order valence-corrected chi connectivity index (χ4v) is 12.3. The standard InChI is InChI=1S/C48H65N9O8S2.2H2/c1-10-55-38-17-16-31-22-33(38)34(42(55)32-14-11-19-49-40(32)30(4)64-8)24-47(5,6)28-65-45(60)35-15-12-21-57(52-35)44(59)36(23-39-50-37(31)25-66-39)51-43(58)41(29(2)3)53(7)46(61)56-20-13-18-48(56)26-54(27-48)67(9,62)63;;/h11,14,16-17,19,22,25,29-30,35-36,41,52H,10,12-13,15,18,20-21,23-24,26-28H2,1-9H3,(H,51,58);2*1H/t30-,35-,36-,41-;;/m0../s1. The normalized spacial score (nSPS) is 22.1. The van der Waals surface area contributed by atoms with Crippen LogP contribution in [0.3, 0.4) is 0 Å². The van der Waals surface area contributed by atoms with E-state index in [1.54, 1.807) is 25.3 Å². The van der Waals surface area contributed by atoms with E-state index in [0.29, 0.717) is 50.3 Å². The van der Waals surface area contributed by atoms with Gasteiger partial charge in [-0.2, -0.15) is 4.31 Å². The van der Waals surface area contributed by atoms with Crippen molar-refractivity contribution in [2.24, 2.45) is 11.3 Å². The minimum Gasteiger partial charge on any atom is -0.464 e. The number of cyclic esters (lactones) is 1. The molecule has 7 heterocycles. The zero-order valence-electron chi connectivity index (χ0n) is 40.1.